The molecule has 4 rings (SSSR count). The first-order valence-electron chi connectivity index (χ1n) is 8.32. The fourth-order valence-electron chi connectivity index (χ4n) is 2.57. The van der Waals surface area contributed by atoms with Gasteiger partial charge in [0.15, 0.2) is 12.2 Å². The Bertz CT molecular complexity index is 1040. The molecule has 0 atom stereocenters. The third kappa shape index (κ3) is 4.17. The van der Waals surface area contributed by atoms with E-state index < -0.39 is 0 Å². The number of anilines is 1. The zero-order chi connectivity index (χ0) is 18.6. The van der Waals surface area contributed by atoms with Crippen molar-refractivity contribution in [1.82, 2.24) is 4.98 Å². The van der Waals surface area contributed by atoms with E-state index in [1.165, 1.54) is 0 Å². The Balaban J connectivity index is 1.38. The van der Waals surface area contributed by atoms with E-state index in [9.17, 15) is 4.79 Å². The number of aromatic nitrogens is 1. The van der Waals surface area contributed by atoms with E-state index in [1.807, 2.05) is 60.7 Å². The summed E-state index contributed by atoms with van der Waals surface area (Å²) in [4.78, 5) is 16.5. The predicted molar refractivity (Wildman–Crippen MR) is 108 cm³/mol. The lowest BCUT2D eigenvalue weighted by Gasteiger charge is -2.08. The SMILES string of the molecule is O=C(COc1ccc(Br)cc1)Nc1ccc(-c2nc3ccccc3o2)cc1. The zero-order valence-electron chi connectivity index (χ0n) is 14.2. The predicted octanol–water partition coefficient (Wildman–Crippen LogP) is 5.27. The van der Waals surface area contributed by atoms with Gasteiger partial charge < -0.3 is 14.5 Å². The zero-order valence-corrected chi connectivity index (χ0v) is 15.8. The van der Waals surface area contributed by atoms with E-state index in [2.05, 4.69) is 26.2 Å². The number of carbonyl (C=O) groups is 1. The van der Waals surface area contributed by atoms with Gasteiger partial charge in [-0.2, -0.15) is 0 Å². The van der Waals surface area contributed by atoms with E-state index in [4.69, 9.17) is 9.15 Å². The average Bonchev–Trinajstić information content (AvgIpc) is 3.12. The van der Waals surface area contributed by atoms with Crippen molar-refractivity contribution in [3.8, 4) is 17.2 Å². The Kier molecular flexibility index (Phi) is 4.89. The molecule has 3 aromatic carbocycles. The molecule has 5 nitrogen and oxygen atoms in total. The first kappa shape index (κ1) is 17.3. The maximum absolute atomic E-state index is 12.0. The molecular weight excluding hydrogens is 408 g/mol. The molecule has 1 amide bonds. The number of fused-ring (bicyclic) bond motifs is 1. The molecule has 0 spiro atoms. The van der Waals surface area contributed by atoms with E-state index >= 15 is 0 Å². The number of hydrogen-bond donors (Lipinski definition) is 1. The van der Waals surface area contributed by atoms with Crippen molar-refractivity contribution in [2.24, 2.45) is 0 Å². The Morgan fingerprint density at radius 1 is 1.00 bits per heavy atom. The Morgan fingerprint density at radius 2 is 1.74 bits per heavy atom. The Labute approximate surface area is 164 Å². The van der Waals surface area contributed by atoms with Crippen LogP contribution in [0.2, 0.25) is 0 Å². The summed E-state index contributed by atoms with van der Waals surface area (Å²) in [6, 6.07) is 22.3. The van der Waals surface area contributed by atoms with Crippen LogP contribution in [0.15, 0.2) is 81.7 Å². The molecule has 1 N–H and O–H groups in total. The van der Waals surface area contributed by atoms with Crippen LogP contribution in [0.4, 0.5) is 5.69 Å². The minimum absolute atomic E-state index is 0.0610. The van der Waals surface area contributed by atoms with Gasteiger partial charge in [0, 0.05) is 15.7 Å². The Hall–Kier alpha value is -3.12. The highest BCUT2D eigenvalue weighted by molar-refractivity contribution is 9.10. The standard InChI is InChI=1S/C21H15BrN2O3/c22-15-7-11-17(12-8-15)26-13-20(25)23-16-9-5-14(6-10-16)21-24-18-3-1-2-4-19(18)27-21/h1-12H,13H2,(H,23,25). The number of halogens is 1. The van der Waals surface area contributed by atoms with Crippen LogP contribution in [0.3, 0.4) is 0 Å². The molecule has 0 radical (unpaired) electrons. The van der Waals surface area contributed by atoms with Crippen molar-refractivity contribution >= 4 is 38.6 Å². The van der Waals surface area contributed by atoms with Gasteiger partial charge in [-0.1, -0.05) is 28.1 Å². The van der Waals surface area contributed by atoms with Crippen LogP contribution in [0.1, 0.15) is 0 Å². The van der Waals surface area contributed by atoms with E-state index in [-0.39, 0.29) is 12.5 Å². The number of ether oxygens (including phenoxy) is 1. The number of rotatable bonds is 5. The summed E-state index contributed by atoms with van der Waals surface area (Å²) in [6.07, 6.45) is 0. The van der Waals surface area contributed by atoms with Crippen molar-refractivity contribution in [2.45, 2.75) is 0 Å². The number of amides is 1. The molecule has 0 saturated carbocycles. The van der Waals surface area contributed by atoms with Crippen LogP contribution in [0, 0.1) is 0 Å². The summed E-state index contributed by atoms with van der Waals surface area (Å²) in [5, 5.41) is 2.80. The normalized spacial score (nSPS) is 10.7. The van der Waals surface area contributed by atoms with Gasteiger partial charge in [-0.05, 0) is 60.7 Å². The molecule has 0 fully saturated rings. The highest BCUT2D eigenvalue weighted by Crippen LogP contribution is 2.25. The third-order valence-electron chi connectivity index (χ3n) is 3.89. The van der Waals surface area contributed by atoms with Crippen LogP contribution < -0.4 is 10.1 Å². The van der Waals surface area contributed by atoms with Gasteiger partial charge in [-0.3, -0.25) is 4.79 Å². The van der Waals surface area contributed by atoms with Gasteiger partial charge in [-0.25, -0.2) is 4.98 Å². The van der Waals surface area contributed by atoms with Crippen LogP contribution in [-0.2, 0) is 4.79 Å². The molecule has 27 heavy (non-hydrogen) atoms. The minimum Gasteiger partial charge on any atom is -0.484 e. The molecule has 6 heteroatoms. The number of benzene rings is 3. The fourth-order valence-corrected chi connectivity index (χ4v) is 2.83. The van der Waals surface area contributed by atoms with Gasteiger partial charge in [0.1, 0.15) is 11.3 Å². The van der Waals surface area contributed by atoms with Crippen molar-refractivity contribution in [1.29, 1.82) is 0 Å². The van der Waals surface area contributed by atoms with Gasteiger partial charge in [0.2, 0.25) is 5.89 Å². The average molecular weight is 423 g/mol. The third-order valence-corrected chi connectivity index (χ3v) is 4.42. The van der Waals surface area contributed by atoms with Gasteiger partial charge in [-0.15, -0.1) is 0 Å². The van der Waals surface area contributed by atoms with E-state index in [0.717, 1.165) is 21.1 Å². The summed E-state index contributed by atoms with van der Waals surface area (Å²) in [5.41, 5.74) is 3.08. The lowest BCUT2D eigenvalue weighted by Crippen LogP contribution is -2.20. The summed E-state index contributed by atoms with van der Waals surface area (Å²) >= 11 is 3.36. The molecule has 4 aromatic rings. The molecular formula is C21H15BrN2O3. The van der Waals surface area contributed by atoms with Gasteiger partial charge in [0.25, 0.3) is 5.91 Å². The first-order valence-corrected chi connectivity index (χ1v) is 9.11. The van der Waals surface area contributed by atoms with Gasteiger partial charge >= 0.3 is 0 Å². The molecule has 0 saturated heterocycles. The van der Waals surface area contributed by atoms with Crippen molar-refractivity contribution in [3.05, 3.63) is 77.3 Å². The van der Waals surface area contributed by atoms with Gasteiger partial charge in [0.05, 0.1) is 0 Å². The van der Waals surface area contributed by atoms with Crippen molar-refractivity contribution in [3.63, 3.8) is 0 Å². The van der Waals surface area contributed by atoms with Crippen LogP contribution in [-0.4, -0.2) is 17.5 Å². The fraction of sp³-hybridized carbons (Fsp3) is 0.0476. The topological polar surface area (TPSA) is 64.4 Å². The summed E-state index contributed by atoms with van der Waals surface area (Å²) in [7, 11) is 0. The lowest BCUT2D eigenvalue weighted by molar-refractivity contribution is -0.118. The number of nitrogens with one attached hydrogen (secondary N) is 1. The first-order chi connectivity index (χ1) is 13.2. The summed E-state index contributed by atoms with van der Waals surface area (Å²) in [5.74, 6) is 0.958. The van der Waals surface area contributed by atoms with E-state index in [0.29, 0.717) is 17.3 Å². The second-order valence-corrected chi connectivity index (χ2v) is 6.77. The highest BCUT2D eigenvalue weighted by Gasteiger charge is 2.09. The molecule has 1 heterocycles. The molecule has 0 aliphatic carbocycles. The molecule has 0 aliphatic heterocycles. The molecule has 0 unspecified atom stereocenters. The van der Waals surface area contributed by atoms with Crippen molar-refractivity contribution in [2.75, 3.05) is 11.9 Å². The number of carbonyl (C=O) groups excluding carboxylic acids is 1. The monoisotopic (exact) mass is 422 g/mol. The second-order valence-electron chi connectivity index (χ2n) is 5.85. The maximum atomic E-state index is 12.0. The molecule has 0 bridgehead atoms. The second kappa shape index (κ2) is 7.63. The number of hydrogen-bond acceptors (Lipinski definition) is 4. The van der Waals surface area contributed by atoms with Crippen LogP contribution in [0.5, 0.6) is 5.75 Å². The number of oxazole rings is 1. The van der Waals surface area contributed by atoms with Crippen LogP contribution in [0.25, 0.3) is 22.6 Å². The molecule has 134 valence electrons. The highest BCUT2D eigenvalue weighted by atomic mass is 79.9. The minimum atomic E-state index is -0.229. The Morgan fingerprint density at radius 3 is 2.48 bits per heavy atom. The smallest absolute Gasteiger partial charge is 0.262 e. The van der Waals surface area contributed by atoms with E-state index in [1.54, 1.807) is 12.1 Å². The molecule has 1 aromatic heterocycles. The number of nitrogens with zero attached hydrogens (tertiary/aromatic N) is 1. The van der Waals surface area contributed by atoms with Crippen LogP contribution >= 0.6 is 15.9 Å². The van der Waals surface area contributed by atoms with Crippen molar-refractivity contribution < 1.29 is 13.9 Å². The summed E-state index contributed by atoms with van der Waals surface area (Å²) in [6.45, 7) is -0.0610. The number of para-hydroxylation sites is 2. The summed E-state index contributed by atoms with van der Waals surface area (Å²) < 4.78 is 12.2. The molecule has 0 aliphatic rings. The maximum Gasteiger partial charge on any atom is 0.262 e. The lowest BCUT2D eigenvalue weighted by atomic mass is 10.2. The largest absolute Gasteiger partial charge is 0.484 e. The quantitative estimate of drug-likeness (QED) is 0.475.